The molecule has 0 bridgehead atoms. The fraction of sp³-hybridized carbons (Fsp3) is 0.500. The number of thioether (sulfide) groups is 1. The van der Waals surface area contributed by atoms with Gasteiger partial charge in [-0.2, -0.15) is 0 Å². The van der Waals surface area contributed by atoms with E-state index in [2.05, 4.69) is 15.5 Å². The van der Waals surface area contributed by atoms with Crippen LogP contribution in [-0.4, -0.2) is 70.7 Å². The van der Waals surface area contributed by atoms with E-state index in [9.17, 15) is 19.2 Å². The van der Waals surface area contributed by atoms with E-state index >= 15 is 0 Å². The molecule has 184 valence electrons. The number of nitrogens with one attached hydrogen (secondary N) is 1. The summed E-state index contributed by atoms with van der Waals surface area (Å²) in [6, 6.07) is -1.90. The minimum atomic E-state index is -0.995. The van der Waals surface area contributed by atoms with Crippen LogP contribution in [0.4, 0.5) is 5.13 Å². The summed E-state index contributed by atoms with van der Waals surface area (Å²) in [6.07, 6.45) is 0. The molecule has 0 unspecified atom stereocenters. The van der Waals surface area contributed by atoms with Crippen molar-refractivity contribution in [3.8, 4) is 0 Å². The molecule has 0 aliphatic carbocycles. The molecular weight excluding hydrogens is 486 g/mol. The maximum atomic E-state index is 12.9. The Kier molecular flexibility index (Phi) is 7.51. The van der Waals surface area contributed by atoms with Gasteiger partial charge in [0, 0.05) is 5.38 Å². The highest BCUT2D eigenvalue weighted by molar-refractivity contribution is 8.02. The maximum Gasteiger partial charge on any atom is 0.336 e. The Morgan fingerprint density at radius 2 is 2.00 bits per heavy atom. The summed E-state index contributed by atoms with van der Waals surface area (Å²) < 4.78 is 10.1. The maximum absolute atomic E-state index is 12.9. The Bertz CT molecular complexity index is 1060. The van der Waals surface area contributed by atoms with E-state index in [1.807, 2.05) is 0 Å². The summed E-state index contributed by atoms with van der Waals surface area (Å²) in [4.78, 5) is 60.3. The van der Waals surface area contributed by atoms with Gasteiger partial charge < -0.3 is 30.3 Å². The van der Waals surface area contributed by atoms with Crippen LogP contribution in [0.15, 0.2) is 21.5 Å². The van der Waals surface area contributed by atoms with Crippen molar-refractivity contribution < 1.29 is 33.5 Å². The second-order valence-corrected chi connectivity index (χ2v) is 10.3. The van der Waals surface area contributed by atoms with Gasteiger partial charge in [0.25, 0.3) is 5.91 Å². The number of ether oxygens (including phenoxy) is 2. The largest absolute Gasteiger partial charge is 0.427 e. The Morgan fingerprint density at radius 3 is 2.59 bits per heavy atom. The van der Waals surface area contributed by atoms with Crippen molar-refractivity contribution in [1.82, 2.24) is 15.2 Å². The van der Waals surface area contributed by atoms with E-state index in [0.29, 0.717) is 5.57 Å². The van der Waals surface area contributed by atoms with Gasteiger partial charge >= 0.3 is 11.9 Å². The number of esters is 2. The first-order valence-electron chi connectivity index (χ1n) is 10.1. The van der Waals surface area contributed by atoms with Gasteiger partial charge in [0.05, 0.1) is 5.41 Å². The van der Waals surface area contributed by atoms with Gasteiger partial charge in [-0.15, -0.1) is 23.1 Å². The molecular formula is C20H25N5O7S2. The molecule has 3 N–H and O–H groups in total. The lowest BCUT2D eigenvalue weighted by Gasteiger charge is -2.51. The van der Waals surface area contributed by atoms with Crippen molar-refractivity contribution in [2.24, 2.45) is 10.6 Å². The van der Waals surface area contributed by atoms with E-state index in [1.165, 1.54) is 23.8 Å². The first-order chi connectivity index (χ1) is 16.0. The van der Waals surface area contributed by atoms with Gasteiger partial charge in [0.2, 0.25) is 12.7 Å². The second kappa shape index (κ2) is 10.0. The number of amides is 2. The van der Waals surface area contributed by atoms with Crippen molar-refractivity contribution in [3.63, 3.8) is 0 Å². The fourth-order valence-corrected chi connectivity index (χ4v) is 4.87. The van der Waals surface area contributed by atoms with Gasteiger partial charge in [0.15, 0.2) is 16.9 Å². The van der Waals surface area contributed by atoms with Crippen molar-refractivity contribution >= 4 is 57.7 Å². The number of hydrogen-bond donors (Lipinski definition) is 2. The smallest absolute Gasteiger partial charge is 0.336 e. The number of nitrogens with two attached hydrogens (primary N) is 1. The number of thiazole rings is 1. The third-order valence-electron chi connectivity index (χ3n) is 4.86. The van der Waals surface area contributed by atoms with Crippen LogP contribution in [0.5, 0.6) is 0 Å². The number of nitrogen functional groups attached to an aromatic ring is 1. The molecule has 14 heteroatoms. The average molecular weight is 512 g/mol. The highest BCUT2D eigenvalue weighted by atomic mass is 32.2. The summed E-state index contributed by atoms with van der Waals surface area (Å²) in [5.74, 6) is -2.41. The summed E-state index contributed by atoms with van der Waals surface area (Å²) in [7, 11) is 1.28. The average Bonchev–Trinajstić information content (AvgIpc) is 3.20. The van der Waals surface area contributed by atoms with Gasteiger partial charge in [0.1, 0.15) is 24.2 Å². The fourth-order valence-electron chi connectivity index (χ4n) is 3.14. The SMILES string of the molecule is CO/N=C(\C(=O)N[C@@H]1C(=O)N2[C@@H](C(=O)OCOC(=O)C(C)(C)C)C(C)=CS[C@H]12)c1csc(N)n1. The van der Waals surface area contributed by atoms with Crippen LogP contribution in [0.25, 0.3) is 0 Å². The molecule has 3 rings (SSSR count). The topological polar surface area (TPSA) is 163 Å². The second-order valence-electron chi connectivity index (χ2n) is 8.44. The number of nitrogens with zero attached hydrogens (tertiary/aromatic N) is 3. The van der Waals surface area contributed by atoms with Crippen LogP contribution >= 0.6 is 23.1 Å². The molecule has 34 heavy (non-hydrogen) atoms. The molecule has 0 spiro atoms. The number of aromatic nitrogens is 1. The summed E-state index contributed by atoms with van der Waals surface area (Å²) >= 11 is 2.41. The summed E-state index contributed by atoms with van der Waals surface area (Å²) in [6.45, 7) is 6.14. The molecule has 3 heterocycles. The lowest BCUT2D eigenvalue weighted by molar-refractivity contribution is -0.179. The molecule has 1 aromatic rings. The molecule has 1 fully saturated rings. The summed E-state index contributed by atoms with van der Waals surface area (Å²) in [5, 5.41) is 9.29. The number of carbonyl (C=O) groups is 4. The molecule has 1 saturated heterocycles. The Morgan fingerprint density at radius 1 is 1.29 bits per heavy atom. The molecule has 2 amide bonds. The van der Waals surface area contributed by atoms with Crippen molar-refractivity contribution in [1.29, 1.82) is 0 Å². The van der Waals surface area contributed by atoms with Crippen LogP contribution < -0.4 is 11.1 Å². The van der Waals surface area contributed by atoms with Crippen molar-refractivity contribution in [3.05, 3.63) is 22.1 Å². The highest BCUT2D eigenvalue weighted by Gasteiger charge is 2.55. The van der Waals surface area contributed by atoms with E-state index in [-0.39, 0.29) is 16.5 Å². The molecule has 0 radical (unpaired) electrons. The Labute approximate surface area is 203 Å². The van der Waals surface area contributed by atoms with Crippen LogP contribution in [0.1, 0.15) is 33.4 Å². The molecule has 3 atom stereocenters. The van der Waals surface area contributed by atoms with Crippen LogP contribution in [0, 0.1) is 5.41 Å². The zero-order chi connectivity index (χ0) is 25.2. The predicted octanol–water partition coefficient (Wildman–Crippen LogP) is 0.838. The van der Waals surface area contributed by atoms with Crippen LogP contribution in [-0.2, 0) is 33.5 Å². The van der Waals surface area contributed by atoms with E-state index < -0.39 is 53.4 Å². The molecule has 1 aromatic heterocycles. The number of fused-ring (bicyclic) bond motifs is 1. The van der Waals surface area contributed by atoms with E-state index in [1.54, 1.807) is 38.5 Å². The number of β-lactam (4-membered cyclic amide) rings is 1. The minimum Gasteiger partial charge on any atom is -0.427 e. The monoisotopic (exact) mass is 511 g/mol. The van der Waals surface area contributed by atoms with E-state index in [0.717, 1.165) is 11.3 Å². The Hall–Kier alpha value is -3.13. The summed E-state index contributed by atoms with van der Waals surface area (Å²) in [5.41, 5.74) is 5.55. The molecule has 0 saturated carbocycles. The number of anilines is 1. The molecule has 2 aliphatic rings. The molecule has 12 nitrogen and oxygen atoms in total. The highest BCUT2D eigenvalue weighted by Crippen LogP contribution is 2.40. The van der Waals surface area contributed by atoms with Crippen molar-refractivity contribution in [2.75, 3.05) is 19.6 Å². The molecule has 2 aliphatic heterocycles. The van der Waals surface area contributed by atoms with Crippen molar-refractivity contribution in [2.45, 2.75) is 45.2 Å². The van der Waals surface area contributed by atoms with Crippen LogP contribution in [0.3, 0.4) is 0 Å². The number of oxime groups is 1. The minimum absolute atomic E-state index is 0.133. The standard InChI is InChI=1S/C20H25N5O7S2/c1-9-6-33-16-12(23-14(26)11(24-30-5)10-7-34-19(21)22-10)15(27)25(16)13(9)17(28)31-8-32-18(29)20(2,3)4/h6-7,12-13,16H,8H2,1-5H3,(H2,21,22)(H,23,26)/b24-11-/t12-,13-,16-/m1/s1. The third kappa shape index (κ3) is 5.17. The predicted molar refractivity (Wildman–Crippen MR) is 124 cm³/mol. The van der Waals surface area contributed by atoms with E-state index in [4.69, 9.17) is 20.0 Å². The van der Waals surface area contributed by atoms with Crippen LogP contribution in [0.2, 0.25) is 0 Å². The Balaban J connectivity index is 1.66. The molecule has 0 aromatic carbocycles. The number of rotatable bonds is 7. The first-order valence-corrected chi connectivity index (χ1v) is 11.9. The quantitative estimate of drug-likeness (QED) is 0.176. The number of carbonyl (C=O) groups excluding carboxylic acids is 4. The zero-order valence-corrected chi connectivity index (χ0v) is 20.8. The van der Waals surface area contributed by atoms with Gasteiger partial charge in [-0.3, -0.25) is 14.4 Å². The normalized spacial score (nSPS) is 22.2. The van der Waals surface area contributed by atoms with Gasteiger partial charge in [-0.05, 0) is 38.7 Å². The third-order valence-corrected chi connectivity index (χ3v) is 6.82. The van der Waals surface area contributed by atoms with Gasteiger partial charge in [-0.1, -0.05) is 5.16 Å². The van der Waals surface area contributed by atoms with Gasteiger partial charge in [-0.25, -0.2) is 9.78 Å². The lowest BCUT2D eigenvalue weighted by Crippen LogP contribution is -2.74. The lowest BCUT2D eigenvalue weighted by atomic mass is 9.98. The zero-order valence-electron chi connectivity index (χ0n) is 19.2. The first kappa shape index (κ1) is 25.5. The number of hydrogen-bond acceptors (Lipinski definition) is 12.